The molecule has 3 rings (SSSR count). The van der Waals surface area contributed by atoms with Crippen molar-refractivity contribution in [3.05, 3.63) is 54.2 Å². The van der Waals surface area contributed by atoms with Crippen molar-refractivity contribution in [3.8, 4) is 0 Å². The molecule has 1 aliphatic heterocycles. The minimum atomic E-state index is -3.42. The maximum absolute atomic E-state index is 12.6. The number of sulfonamides is 1. The number of hydrogen-bond donors (Lipinski definition) is 1. The molecule has 1 N–H and O–H groups in total. The Morgan fingerprint density at radius 1 is 1.11 bits per heavy atom. The van der Waals surface area contributed by atoms with Crippen molar-refractivity contribution in [2.45, 2.75) is 4.90 Å². The number of nitrogens with one attached hydrogen (secondary N) is 1. The summed E-state index contributed by atoms with van der Waals surface area (Å²) in [6.07, 6.45) is 3.64. The van der Waals surface area contributed by atoms with Gasteiger partial charge in [0, 0.05) is 43.8 Å². The molecule has 1 aliphatic rings. The zero-order valence-electron chi connectivity index (χ0n) is 15.7. The molecule has 1 aromatic heterocycles. The SMILES string of the molecule is CSc1ccccc1C(=O)NCCS(=O)(=O)N1CCN(c2ccccn2)CC1. The second kappa shape index (κ2) is 9.40. The van der Waals surface area contributed by atoms with E-state index in [1.807, 2.05) is 36.6 Å². The van der Waals surface area contributed by atoms with Crippen molar-refractivity contribution in [1.29, 1.82) is 0 Å². The molecule has 0 bridgehead atoms. The zero-order valence-corrected chi connectivity index (χ0v) is 17.4. The quantitative estimate of drug-likeness (QED) is 0.687. The summed E-state index contributed by atoms with van der Waals surface area (Å²) in [4.78, 5) is 19.6. The monoisotopic (exact) mass is 420 g/mol. The molecule has 0 saturated carbocycles. The average molecular weight is 421 g/mol. The maximum atomic E-state index is 12.6. The van der Waals surface area contributed by atoms with E-state index in [2.05, 4.69) is 15.2 Å². The largest absolute Gasteiger partial charge is 0.354 e. The number of anilines is 1. The number of hydrogen-bond acceptors (Lipinski definition) is 6. The molecule has 28 heavy (non-hydrogen) atoms. The van der Waals surface area contributed by atoms with E-state index in [0.717, 1.165) is 10.7 Å². The Morgan fingerprint density at radius 2 is 1.82 bits per heavy atom. The molecule has 150 valence electrons. The molecule has 7 nitrogen and oxygen atoms in total. The molecule has 0 atom stereocenters. The number of pyridine rings is 1. The van der Waals surface area contributed by atoms with E-state index < -0.39 is 10.0 Å². The highest BCUT2D eigenvalue weighted by Crippen LogP contribution is 2.19. The predicted molar refractivity (Wildman–Crippen MR) is 112 cm³/mol. The van der Waals surface area contributed by atoms with E-state index in [0.29, 0.717) is 31.7 Å². The van der Waals surface area contributed by atoms with Gasteiger partial charge < -0.3 is 10.2 Å². The topological polar surface area (TPSA) is 82.6 Å². The van der Waals surface area contributed by atoms with Gasteiger partial charge in [-0.3, -0.25) is 4.79 Å². The van der Waals surface area contributed by atoms with E-state index >= 15 is 0 Å². The van der Waals surface area contributed by atoms with E-state index in [1.54, 1.807) is 18.3 Å². The summed E-state index contributed by atoms with van der Waals surface area (Å²) < 4.78 is 26.7. The van der Waals surface area contributed by atoms with Crippen molar-refractivity contribution in [2.24, 2.45) is 0 Å². The lowest BCUT2D eigenvalue weighted by molar-refractivity contribution is 0.0953. The number of carbonyl (C=O) groups excluding carboxylic acids is 1. The van der Waals surface area contributed by atoms with Crippen LogP contribution in [0.4, 0.5) is 5.82 Å². The summed E-state index contributed by atoms with van der Waals surface area (Å²) in [5, 5.41) is 2.72. The van der Waals surface area contributed by atoms with Crippen LogP contribution in [0.3, 0.4) is 0 Å². The Kier molecular flexibility index (Phi) is 6.93. The van der Waals surface area contributed by atoms with Gasteiger partial charge in [0.1, 0.15) is 5.82 Å². The van der Waals surface area contributed by atoms with Gasteiger partial charge in [-0.1, -0.05) is 18.2 Å². The molecule has 1 fully saturated rings. The highest BCUT2D eigenvalue weighted by molar-refractivity contribution is 7.98. The van der Waals surface area contributed by atoms with Gasteiger partial charge in [-0.15, -0.1) is 11.8 Å². The van der Waals surface area contributed by atoms with Crippen molar-refractivity contribution in [2.75, 3.05) is 49.6 Å². The van der Waals surface area contributed by atoms with Crippen molar-refractivity contribution < 1.29 is 13.2 Å². The second-order valence-electron chi connectivity index (χ2n) is 6.35. The van der Waals surface area contributed by atoms with E-state index in [9.17, 15) is 13.2 Å². The van der Waals surface area contributed by atoms with Gasteiger partial charge in [0.2, 0.25) is 10.0 Å². The van der Waals surface area contributed by atoms with Gasteiger partial charge in [-0.2, -0.15) is 4.31 Å². The minimum absolute atomic E-state index is 0.0876. The number of piperazine rings is 1. The van der Waals surface area contributed by atoms with Gasteiger partial charge in [-0.25, -0.2) is 13.4 Å². The second-order valence-corrected chi connectivity index (χ2v) is 9.28. The zero-order chi connectivity index (χ0) is 20.0. The van der Waals surface area contributed by atoms with Gasteiger partial charge in [0.15, 0.2) is 0 Å². The number of rotatable bonds is 7. The molecule has 0 aliphatic carbocycles. The number of amides is 1. The molecule has 0 unspecified atom stereocenters. The van der Waals surface area contributed by atoms with Crippen LogP contribution in [0.5, 0.6) is 0 Å². The normalized spacial score (nSPS) is 15.4. The first-order chi connectivity index (χ1) is 13.5. The average Bonchev–Trinajstić information content (AvgIpc) is 2.74. The van der Waals surface area contributed by atoms with Crippen LogP contribution in [-0.4, -0.2) is 68.3 Å². The molecule has 2 aromatic rings. The number of thioether (sulfide) groups is 1. The number of benzene rings is 1. The molecule has 1 aromatic carbocycles. The van der Waals surface area contributed by atoms with Gasteiger partial charge in [0.05, 0.1) is 11.3 Å². The third-order valence-corrected chi connectivity index (χ3v) is 7.27. The van der Waals surface area contributed by atoms with Gasteiger partial charge in [0.25, 0.3) is 5.91 Å². The Bertz CT molecular complexity index is 898. The molecule has 1 saturated heterocycles. The maximum Gasteiger partial charge on any atom is 0.252 e. The highest BCUT2D eigenvalue weighted by atomic mass is 32.2. The first-order valence-electron chi connectivity index (χ1n) is 9.06. The highest BCUT2D eigenvalue weighted by Gasteiger charge is 2.27. The van der Waals surface area contributed by atoms with Crippen molar-refractivity contribution in [1.82, 2.24) is 14.6 Å². The number of nitrogens with zero attached hydrogens (tertiary/aromatic N) is 3. The molecule has 2 heterocycles. The standard InChI is InChI=1S/C19H24N4O3S2/c1-27-17-7-3-2-6-16(17)19(24)21-10-15-28(25,26)23-13-11-22(12-14-23)18-8-4-5-9-20-18/h2-9H,10-15H2,1H3,(H,21,24). The third-order valence-electron chi connectivity index (χ3n) is 4.60. The first kappa shape index (κ1) is 20.6. The Morgan fingerprint density at radius 3 is 2.50 bits per heavy atom. The van der Waals surface area contributed by atoms with Crippen LogP contribution in [-0.2, 0) is 10.0 Å². The van der Waals surface area contributed by atoms with Crippen LogP contribution in [0.25, 0.3) is 0 Å². The van der Waals surface area contributed by atoms with Gasteiger partial charge >= 0.3 is 0 Å². The predicted octanol–water partition coefficient (Wildman–Crippen LogP) is 1.69. The molecule has 0 spiro atoms. The van der Waals surface area contributed by atoms with Crippen LogP contribution < -0.4 is 10.2 Å². The van der Waals surface area contributed by atoms with E-state index in [4.69, 9.17) is 0 Å². The van der Waals surface area contributed by atoms with E-state index in [-0.39, 0.29) is 18.2 Å². The fourth-order valence-corrected chi connectivity index (χ4v) is 5.02. The molecular formula is C19H24N4O3S2. The smallest absolute Gasteiger partial charge is 0.252 e. The lowest BCUT2D eigenvalue weighted by atomic mass is 10.2. The fraction of sp³-hybridized carbons (Fsp3) is 0.368. The Labute approximate surface area is 170 Å². The lowest BCUT2D eigenvalue weighted by Gasteiger charge is -2.34. The summed E-state index contributed by atoms with van der Waals surface area (Å²) in [6, 6.07) is 13.0. The summed E-state index contributed by atoms with van der Waals surface area (Å²) >= 11 is 1.49. The number of aromatic nitrogens is 1. The molecular weight excluding hydrogens is 396 g/mol. The first-order valence-corrected chi connectivity index (χ1v) is 11.9. The minimum Gasteiger partial charge on any atom is -0.354 e. The third kappa shape index (κ3) is 5.03. The fourth-order valence-electron chi connectivity index (χ4n) is 3.09. The van der Waals surface area contributed by atoms with E-state index in [1.165, 1.54) is 16.1 Å². The number of carbonyl (C=O) groups is 1. The Balaban J connectivity index is 1.50. The Hall–Kier alpha value is -2.10. The summed E-state index contributed by atoms with van der Waals surface area (Å²) in [7, 11) is -3.42. The lowest BCUT2D eigenvalue weighted by Crippen LogP contribution is -2.50. The van der Waals surface area contributed by atoms with Crippen molar-refractivity contribution in [3.63, 3.8) is 0 Å². The van der Waals surface area contributed by atoms with Crippen molar-refractivity contribution >= 4 is 33.5 Å². The van der Waals surface area contributed by atoms with Crippen LogP contribution in [0, 0.1) is 0 Å². The van der Waals surface area contributed by atoms with Gasteiger partial charge in [-0.05, 0) is 30.5 Å². The summed E-state index contributed by atoms with van der Waals surface area (Å²) in [6.45, 7) is 2.13. The molecule has 9 heteroatoms. The van der Waals surface area contributed by atoms with Crippen LogP contribution in [0.1, 0.15) is 10.4 Å². The van der Waals surface area contributed by atoms with Crippen LogP contribution in [0.15, 0.2) is 53.6 Å². The summed E-state index contributed by atoms with van der Waals surface area (Å²) in [5.41, 5.74) is 0.566. The molecule has 0 radical (unpaired) electrons. The van der Waals surface area contributed by atoms with Crippen LogP contribution in [0.2, 0.25) is 0 Å². The molecule has 1 amide bonds. The van der Waals surface area contributed by atoms with Crippen LogP contribution >= 0.6 is 11.8 Å². The summed E-state index contributed by atoms with van der Waals surface area (Å²) in [5.74, 6) is 0.503.